The van der Waals surface area contributed by atoms with Gasteiger partial charge in [-0.3, -0.25) is 9.69 Å². The highest BCUT2D eigenvalue weighted by atomic mass is 16.1. The number of nitrogen functional groups attached to an aromatic ring is 1. The minimum atomic E-state index is -0.222. The van der Waals surface area contributed by atoms with Gasteiger partial charge in [0.05, 0.1) is 5.56 Å². The summed E-state index contributed by atoms with van der Waals surface area (Å²) in [5.74, 6) is 0.407. The Labute approximate surface area is 183 Å². The Bertz CT molecular complexity index is 1100. The zero-order valence-corrected chi connectivity index (χ0v) is 18.6. The number of fused-ring (bicyclic) bond motifs is 1. The predicted octanol–water partition coefficient (Wildman–Crippen LogP) is 4.46. The highest BCUT2D eigenvalue weighted by Crippen LogP contribution is 2.38. The van der Waals surface area contributed by atoms with Gasteiger partial charge >= 0.3 is 0 Å². The molecule has 4 rings (SSSR count). The Morgan fingerprint density at radius 3 is 2.71 bits per heavy atom. The van der Waals surface area contributed by atoms with Crippen molar-refractivity contribution in [1.82, 2.24) is 24.8 Å². The molecule has 1 aromatic carbocycles. The standard InChI is InChI=1S/C24H32N6O/c1-4-5-12-21(30-15(2)8-6-9-16(30)3)17-10-7-11-20-18(17)13-19(23(31)28-20)22-26-14-27-24(25)29-22/h7,10-11,13-16,21H,4-6,8-9,12H2,1-3H3,(H,28,31)(H2,25,26,27,29). The number of aromatic nitrogens is 4. The number of anilines is 1. The number of nitrogens with one attached hydrogen (secondary N) is 1. The molecule has 3 N–H and O–H groups in total. The molecular weight excluding hydrogens is 388 g/mol. The molecule has 1 aliphatic rings. The van der Waals surface area contributed by atoms with E-state index in [2.05, 4.69) is 51.7 Å². The molecule has 31 heavy (non-hydrogen) atoms. The predicted molar refractivity (Wildman–Crippen MR) is 125 cm³/mol. The van der Waals surface area contributed by atoms with E-state index >= 15 is 0 Å². The fourth-order valence-corrected chi connectivity index (χ4v) is 5.07. The first-order valence-electron chi connectivity index (χ1n) is 11.4. The van der Waals surface area contributed by atoms with Gasteiger partial charge in [0.25, 0.3) is 5.56 Å². The van der Waals surface area contributed by atoms with Gasteiger partial charge in [-0.2, -0.15) is 4.98 Å². The van der Waals surface area contributed by atoms with E-state index in [9.17, 15) is 4.79 Å². The largest absolute Gasteiger partial charge is 0.368 e. The summed E-state index contributed by atoms with van der Waals surface area (Å²) < 4.78 is 0. The van der Waals surface area contributed by atoms with Crippen LogP contribution in [0.3, 0.4) is 0 Å². The fraction of sp³-hybridized carbons (Fsp3) is 0.500. The van der Waals surface area contributed by atoms with Crippen LogP contribution in [0.25, 0.3) is 22.3 Å². The van der Waals surface area contributed by atoms with Gasteiger partial charge in [-0.25, -0.2) is 9.97 Å². The zero-order chi connectivity index (χ0) is 22.0. The first-order chi connectivity index (χ1) is 15.0. The van der Waals surface area contributed by atoms with Gasteiger partial charge in [0, 0.05) is 29.0 Å². The van der Waals surface area contributed by atoms with Crippen LogP contribution in [-0.2, 0) is 0 Å². The average molecular weight is 421 g/mol. The van der Waals surface area contributed by atoms with Gasteiger partial charge in [-0.15, -0.1) is 0 Å². The van der Waals surface area contributed by atoms with E-state index in [1.807, 2.05) is 18.2 Å². The van der Waals surface area contributed by atoms with Crippen molar-refractivity contribution >= 4 is 16.9 Å². The summed E-state index contributed by atoms with van der Waals surface area (Å²) in [7, 11) is 0. The van der Waals surface area contributed by atoms with Gasteiger partial charge in [0.2, 0.25) is 5.95 Å². The second-order valence-corrected chi connectivity index (χ2v) is 8.72. The van der Waals surface area contributed by atoms with Crippen molar-refractivity contribution in [3.05, 3.63) is 46.5 Å². The summed E-state index contributed by atoms with van der Waals surface area (Å²) in [5, 5.41) is 1.04. The van der Waals surface area contributed by atoms with Crippen LogP contribution in [0.5, 0.6) is 0 Å². The van der Waals surface area contributed by atoms with Gasteiger partial charge in [-0.1, -0.05) is 38.3 Å². The first-order valence-corrected chi connectivity index (χ1v) is 11.4. The van der Waals surface area contributed by atoms with Crippen LogP contribution in [0.1, 0.15) is 70.9 Å². The maximum Gasteiger partial charge on any atom is 0.259 e. The lowest BCUT2D eigenvalue weighted by Gasteiger charge is -2.45. The number of nitrogens with two attached hydrogens (primary N) is 1. The minimum Gasteiger partial charge on any atom is -0.368 e. The number of rotatable bonds is 6. The van der Waals surface area contributed by atoms with E-state index < -0.39 is 0 Å². The number of hydrogen-bond acceptors (Lipinski definition) is 6. The molecule has 164 valence electrons. The van der Waals surface area contributed by atoms with Crippen LogP contribution < -0.4 is 11.3 Å². The van der Waals surface area contributed by atoms with Crippen LogP contribution >= 0.6 is 0 Å². The lowest BCUT2D eigenvalue weighted by molar-refractivity contribution is 0.0496. The van der Waals surface area contributed by atoms with Crippen LogP contribution in [0.15, 0.2) is 35.4 Å². The van der Waals surface area contributed by atoms with Crippen LogP contribution in [-0.4, -0.2) is 36.9 Å². The lowest BCUT2D eigenvalue weighted by Crippen LogP contribution is -2.46. The van der Waals surface area contributed by atoms with Crippen molar-refractivity contribution in [3.63, 3.8) is 0 Å². The highest BCUT2D eigenvalue weighted by Gasteiger charge is 2.32. The molecule has 0 radical (unpaired) electrons. The molecule has 3 aromatic rings. The molecule has 7 nitrogen and oxygen atoms in total. The molecule has 0 saturated carbocycles. The smallest absolute Gasteiger partial charge is 0.259 e. The van der Waals surface area contributed by atoms with E-state index in [1.165, 1.54) is 31.2 Å². The molecule has 2 aromatic heterocycles. The van der Waals surface area contributed by atoms with Crippen molar-refractivity contribution in [1.29, 1.82) is 0 Å². The number of piperidine rings is 1. The van der Waals surface area contributed by atoms with Crippen LogP contribution in [0.4, 0.5) is 5.95 Å². The Hall–Kier alpha value is -2.80. The number of pyridine rings is 1. The number of aromatic amines is 1. The molecule has 0 bridgehead atoms. The van der Waals surface area contributed by atoms with Crippen molar-refractivity contribution in [3.8, 4) is 11.4 Å². The maximum absolute atomic E-state index is 12.8. The number of hydrogen-bond donors (Lipinski definition) is 2. The molecule has 1 saturated heterocycles. The Balaban J connectivity index is 1.88. The van der Waals surface area contributed by atoms with Crippen LogP contribution in [0, 0.1) is 0 Å². The summed E-state index contributed by atoms with van der Waals surface area (Å²) in [6.45, 7) is 6.94. The molecule has 1 aliphatic heterocycles. The van der Waals surface area contributed by atoms with Gasteiger partial charge in [0.1, 0.15) is 6.33 Å². The molecule has 3 heterocycles. The second-order valence-electron chi connectivity index (χ2n) is 8.72. The number of unbranched alkanes of at least 4 members (excludes halogenated alkanes) is 1. The number of H-pyrrole nitrogens is 1. The SMILES string of the molecule is CCCCC(c1cccc2[nH]c(=O)c(-c3ncnc(N)n3)cc12)N1C(C)CCCC1C. The van der Waals surface area contributed by atoms with E-state index in [4.69, 9.17) is 5.73 Å². The quantitative estimate of drug-likeness (QED) is 0.611. The molecule has 0 amide bonds. The molecule has 0 spiro atoms. The summed E-state index contributed by atoms with van der Waals surface area (Å²) in [4.78, 5) is 30.7. The Morgan fingerprint density at radius 2 is 2.00 bits per heavy atom. The minimum absolute atomic E-state index is 0.106. The van der Waals surface area contributed by atoms with Crippen molar-refractivity contribution < 1.29 is 0 Å². The van der Waals surface area contributed by atoms with E-state index in [1.54, 1.807) is 0 Å². The van der Waals surface area contributed by atoms with Crippen molar-refractivity contribution in [2.24, 2.45) is 0 Å². The summed E-state index contributed by atoms with van der Waals surface area (Å²) in [5.41, 5.74) is 8.03. The average Bonchev–Trinajstić information content (AvgIpc) is 2.75. The topological polar surface area (TPSA) is 101 Å². The monoisotopic (exact) mass is 420 g/mol. The summed E-state index contributed by atoms with van der Waals surface area (Å²) >= 11 is 0. The second kappa shape index (κ2) is 9.14. The van der Waals surface area contributed by atoms with Crippen molar-refractivity contribution in [2.45, 2.75) is 77.4 Å². The fourth-order valence-electron chi connectivity index (χ4n) is 5.07. The Morgan fingerprint density at radius 1 is 1.23 bits per heavy atom. The number of benzene rings is 1. The molecular formula is C24H32N6O. The van der Waals surface area contributed by atoms with E-state index in [0.29, 0.717) is 29.5 Å². The Kier molecular flexibility index (Phi) is 6.32. The molecule has 3 atom stereocenters. The third-order valence-corrected chi connectivity index (χ3v) is 6.56. The molecule has 7 heteroatoms. The normalized spacial score (nSPS) is 20.7. The first kappa shape index (κ1) is 21.4. The van der Waals surface area contributed by atoms with Gasteiger partial charge in [0.15, 0.2) is 5.82 Å². The van der Waals surface area contributed by atoms with E-state index in [-0.39, 0.29) is 11.5 Å². The van der Waals surface area contributed by atoms with Gasteiger partial charge in [-0.05, 0) is 50.8 Å². The molecule has 0 aliphatic carbocycles. The third kappa shape index (κ3) is 4.32. The van der Waals surface area contributed by atoms with E-state index in [0.717, 1.165) is 30.2 Å². The van der Waals surface area contributed by atoms with Crippen LogP contribution in [0.2, 0.25) is 0 Å². The number of nitrogens with zero attached hydrogens (tertiary/aromatic N) is 4. The third-order valence-electron chi connectivity index (χ3n) is 6.56. The maximum atomic E-state index is 12.8. The van der Waals surface area contributed by atoms with Crippen molar-refractivity contribution in [2.75, 3.05) is 5.73 Å². The zero-order valence-electron chi connectivity index (χ0n) is 18.6. The highest BCUT2D eigenvalue weighted by molar-refractivity contribution is 5.86. The molecule has 1 fully saturated rings. The number of likely N-dealkylation sites (tertiary alicyclic amines) is 1. The van der Waals surface area contributed by atoms with Gasteiger partial charge < -0.3 is 10.7 Å². The lowest BCUT2D eigenvalue weighted by atomic mass is 9.88. The molecule has 3 unspecified atom stereocenters. The summed E-state index contributed by atoms with van der Waals surface area (Å²) in [6, 6.07) is 9.52. The summed E-state index contributed by atoms with van der Waals surface area (Å²) in [6.07, 6.45) is 8.49.